The van der Waals surface area contributed by atoms with E-state index in [0.29, 0.717) is 37.4 Å². The summed E-state index contributed by atoms with van der Waals surface area (Å²) in [4.78, 5) is 24.9. The van der Waals surface area contributed by atoms with E-state index in [1.54, 1.807) is 0 Å². The Bertz CT molecular complexity index is 1190. The molecule has 0 saturated carbocycles. The minimum absolute atomic E-state index is 0.0877. The van der Waals surface area contributed by atoms with Gasteiger partial charge in [-0.25, -0.2) is 0 Å². The summed E-state index contributed by atoms with van der Waals surface area (Å²) in [5.41, 5.74) is 5.55. The van der Waals surface area contributed by atoms with Crippen LogP contribution in [0.15, 0.2) is 24.3 Å². The van der Waals surface area contributed by atoms with E-state index in [1.165, 1.54) is 11.1 Å². The lowest BCUT2D eigenvalue weighted by molar-refractivity contribution is -0.122. The van der Waals surface area contributed by atoms with E-state index in [0.717, 1.165) is 73.6 Å². The monoisotopic (exact) mass is 665 g/mol. The fraction of sp³-hybridized carbons (Fsp3) is 0.667. The van der Waals surface area contributed by atoms with Gasteiger partial charge in [0.25, 0.3) is 0 Å². The molecule has 0 unspecified atom stereocenters. The quantitative estimate of drug-likeness (QED) is 0.143. The summed E-state index contributed by atoms with van der Waals surface area (Å²) in [6.45, 7) is 26.8. The van der Waals surface area contributed by atoms with E-state index >= 15 is 0 Å². The van der Waals surface area contributed by atoms with Gasteiger partial charge in [0.2, 0.25) is 11.8 Å². The number of benzene rings is 2. The third-order valence-electron chi connectivity index (χ3n) is 9.06. The SMILES string of the molecule is CC(C)(C)c1cc(CCCC(=O)NCCCCCCNC(=O)CCCc2cc(C(C)(C)C)c(O)c(C(C)(C)C)c2)cc(C(C)(C)C)c1O. The van der Waals surface area contributed by atoms with Crippen LogP contribution in [-0.2, 0) is 44.1 Å². The first-order chi connectivity index (χ1) is 22.0. The number of carbonyl (C=O) groups is 2. The summed E-state index contributed by atoms with van der Waals surface area (Å²) in [7, 11) is 0. The van der Waals surface area contributed by atoms with Gasteiger partial charge in [-0.05, 0) is 93.6 Å². The average molecular weight is 665 g/mol. The van der Waals surface area contributed by atoms with Crippen LogP contribution in [0.5, 0.6) is 11.5 Å². The first-order valence-electron chi connectivity index (χ1n) is 18.3. The van der Waals surface area contributed by atoms with Crippen molar-refractivity contribution in [3.8, 4) is 11.5 Å². The molecule has 0 fully saturated rings. The molecule has 0 aliphatic heterocycles. The highest BCUT2D eigenvalue weighted by molar-refractivity contribution is 5.76. The zero-order valence-corrected chi connectivity index (χ0v) is 32.5. The summed E-state index contributed by atoms with van der Waals surface area (Å²) in [5, 5.41) is 28.0. The Hall–Kier alpha value is -3.02. The third kappa shape index (κ3) is 13.1. The van der Waals surface area contributed by atoms with E-state index < -0.39 is 0 Å². The Morgan fingerprint density at radius 3 is 1.00 bits per heavy atom. The molecule has 0 aliphatic carbocycles. The number of hydrogen-bond acceptors (Lipinski definition) is 4. The molecule has 0 bridgehead atoms. The number of carbonyl (C=O) groups excluding carboxylic acids is 2. The van der Waals surface area contributed by atoms with Gasteiger partial charge < -0.3 is 20.8 Å². The molecule has 0 aliphatic rings. The Morgan fingerprint density at radius 2 is 0.750 bits per heavy atom. The van der Waals surface area contributed by atoms with Crippen LogP contribution in [-0.4, -0.2) is 35.1 Å². The lowest BCUT2D eigenvalue weighted by Gasteiger charge is -2.28. The van der Waals surface area contributed by atoms with Crippen LogP contribution >= 0.6 is 0 Å². The van der Waals surface area contributed by atoms with Gasteiger partial charge in [0, 0.05) is 25.9 Å². The van der Waals surface area contributed by atoms with Crippen LogP contribution in [0.2, 0.25) is 0 Å². The normalized spacial score (nSPS) is 12.7. The van der Waals surface area contributed by atoms with E-state index in [9.17, 15) is 19.8 Å². The van der Waals surface area contributed by atoms with Gasteiger partial charge in [0.1, 0.15) is 11.5 Å². The van der Waals surface area contributed by atoms with Crippen molar-refractivity contribution < 1.29 is 19.8 Å². The lowest BCUT2D eigenvalue weighted by Crippen LogP contribution is -2.25. The summed E-state index contributed by atoms with van der Waals surface area (Å²) >= 11 is 0. The third-order valence-corrected chi connectivity index (χ3v) is 9.06. The van der Waals surface area contributed by atoms with E-state index in [2.05, 4.69) is 118 Å². The van der Waals surface area contributed by atoms with Crippen LogP contribution in [0.3, 0.4) is 0 Å². The molecular formula is C42H68N2O4. The molecule has 2 rings (SSSR count). The zero-order chi connectivity index (χ0) is 36.5. The molecule has 0 aromatic heterocycles. The number of phenolic OH excluding ortho intramolecular Hbond substituents is 2. The van der Waals surface area contributed by atoms with Crippen molar-refractivity contribution in [1.29, 1.82) is 0 Å². The van der Waals surface area contributed by atoms with Crippen molar-refractivity contribution in [3.05, 3.63) is 57.6 Å². The number of rotatable bonds is 15. The minimum atomic E-state index is -0.160. The molecule has 6 nitrogen and oxygen atoms in total. The second-order valence-corrected chi connectivity index (χ2v) is 17.9. The maximum Gasteiger partial charge on any atom is 0.220 e. The Morgan fingerprint density at radius 1 is 0.479 bits per heavy atom. The van der Waals surface area contributed by atoms with Crippen LogP contribution in [0.1, 0.15) is 168 Å². The number of nitrogens with one attached hydrogen (secondary N) is 2. The highest BCUT2D eigenvalue weighted by Crippen LogP contribution is 2.41. The van der Waals surface area contributed by atoms with Gasteiger partial charge in [-0.1, -0.05) is 120 Å². The Labute approximate surface area is 292 Å². The molecule has 0 radical (unpaired) electrons. The first kappa shape index (κ1) is 41.2. The lowest BCUT2D eigenvalue weighted by atomic mass is 9.78. The second-order valence-electron chi connectivity index (χ2n) is 17.9. The fourth-order valence-corrected chi connectivity index (χ4v) is 6.11. The molecule has 2 aromatic rings. The Kier molecular flexibility index (Phi) is 14.6. The van der Waals surface area contributed by atoms with Crippen molar-refractivity contribution in [2.75, 3.05) is 13.1 Å². The molecule has 6 heteroatoms. The van der Waals surface area contributed by atoms with Crippen molar-refractivity contribution in [2.45, 2.75) is 169 Å². The van der Waals surface area contributed by atoms with Crippen molar-refractivity contribution in [1.82, 2.24) is 10.6 Å². The first-order valence-corrected chi connectivity index (χ1v) is 18.3. The van der Waals surface area contributed by atoms with E-state index in [1.807, 2.05) is 0 Å². The minimum Gasteiger partial charge on any atom is -0.507 e. The van der Waals surface area contributed by atoms with Crippen LogP contribution in [0.4, 0.5) is 0 Å². The molecule has 48 heavy (non-hydrogen) atoms. The largest absolute Gasteiger partial charge is 0.507 e. The average Bonchev–Trinajstić information content (AvgIpc) is 2.93. The van der Waals surface area contributed by atoms with Gasteiger partial charge in [0.05, 0.1) is 0 Å². The molecule has 0 heterocycles. The van der Waals surface area contributed by atoms with Gasteiger partial charge in [0.15, 0.2) is 0 Å². The number of hydrogen-bond donors (Lipinski definition) is 4. The van der Waals surface area contributed by atoms with Crippen LogP contribution in [0.25, 0.3) is 0 Å². The molecule has 2 aromatic carbocycles. The second kappa shape index (κ2) is 17.1. The van der Waals surface area contributed by atoms with Crippen molar-refractivity contribution in [3.63, 3.8) is 0 Å². The standard InChI is InChI=1S/C42H68N2O4/c1-39(2,3)31-25-29(26-32(37(31)47)40(4,5)6)19-17-21-35(45)43-23-15-13-14-16-24-44-36(46)22-18-20-30-27-33(41(7,8)9)38(48)34(28-30)42(10,11)12/h25-28,47-48H,13-24H2,1-12H3,(H,43,45)(H,44,46). The number of amides is 2. The van der Waals surface area contributed by atoms with Crippen molar-refractivity contribution in [2.24, 2.45) is 0 Å². The van der Waals surface area contributed by atoms with Gasteiger partial charge in [-0.3, -0.25) is 9.59 Å². The molecule has 270 valence electrons. The molecule has 0 spiro atoms. The van der Waals surface area contributed by atoms with Crippen molar-refractivity contribution >= 4 is 11.8 Å². The number of phenols is 2. The summed E-state index contributed by atoms with van der Waals surface area (Å²) in [6, 6.07) is 8.42. The van der Waals surface area contributed by atoms with Crippen LogP contribution < -0.4 is 10.6 Å². The highest BCUT2D eigenvalue weighted by Gasteiger charge is 2.28. The topological polar surface area (TPSA) is 98.7 Å². The smallest absolute Gasteiger partial charge is 0.220 e. The number of aryl methyl sites for hydroxylation is 2. The summed E-state index contributed by atoms with van der Waals surface area (Å²) in [5.74, 6) is 0.963. The van der Waals surface area contributed by atoms with Gasteiger partial charge >= 0.3 is 0 Å². The predicted molar refractivity (Wildman–Crippen MR) is 201 cm³/mol. The highest BCUT2D eigenvalue weighted by atomic mass is 16.3. The predicted octanol–water partition coefficient (Wildman–Crippen LogP) is 9.43. The van der Waals surface area contributed by atoms with Gasteiger partial charge in [-0.15, -0.1) is 0 Å². The molecule has 0 atom stereocenters. The zero-order valence-electron chi connectivity index (χ0n) is 32.5. The molecule has 4 N–H and O–H groups in total. The van der Waals surface area contributed by atoms with Gasteiger partial charge in [-0.2, -0.15) is 0 Å². The molecular weight excluding hydrogens is 596 g/mol. The Balaban J connectivity index is 1.65. The number of aromatic hydroxyl groups is 2. The summed E-state index contributed by atoms with van der Waals surface area (Å²) < 4.78 is 0. The number of unbranched alkanes of at least 4 members (excludes halogenated alkanes) is 3. The fourth-order valence-electron chi connectivity index (χ4n) is 6.11. The van der Waals surface area contributed by atoms with E-state index in [-0.39, 0.29) is 33.5 Å². The molecule has 2 amide bonds. The van der Waals surface area contributed by atoms with Crippen LogP contribution in [0, 0.1) is 0 Å². The summed E-state index contributed by atoms with van der Waals surface area (Å²) in [6.07, 6.45) is 8.03. The molecule has 0 saturated heterocycles. The maximum absolute atomic E-state index is 12.5. The van der Waals surface area contributed by atoms with E-state index in [4.69, 9.17) is 0 Å². The maximum atomic E-state index is 12.5.